The highest BCUT2D eigenvalue weighted by Crippen LogP contribution is 2.59. The van der Waals surface area contributed by atoms with Gasteiger partial charge in [-0.25, -0.2) is 12.7 Å². The summed E-state index contributed by atoms with van der Waals surface area (Å²) in [5.41, 5.74) is 5.17. The van der Waals surface area contributed by atoms with E-state index in [0.29, 0.717) is 9.69 Å². The van der Waals surface area contributed by atoms with E-state index in [1.165, 1.54) is 26.0 Å². The molecule has 0 saturated carbocycles. The highest BCUT2D eigenvalue weighted by Gasteiger charge is 2.55. The number of anilines is 1. The third kappa shape index (κ3) is 4.44. The summed E-state index contributed by atoms with van der Waals surface area (Å²) in [6, 6.07) is 13.1. The highest BCUT2D eigenvalue weighted by molar-refractivity contribution is 7.93. The second-order valence-corrected chi connectivity index (χ2v) is 12.2. The van der Waals surface area contributed by atoms with Crippen LogP contribution in [0.2, 0.25) is 10.0 Å². The molecule has 0 spiro atoms. The zero-order chi connectivity index (χ0) is 25.5. The number of benzene rings is 3. The minimum absolute atomic E-state index is 0.00819. The summed E-state index contributed by atoms with van der Waals surface area (Å²) in [5.74, 6) is -0.961. The van der Waals surface area contributed by atoms with Gasteiger partial charge in [0.25, 0.3) is 15.9 Å². The second-order valence-electron chi connectivity index (χ2n) is 7.66. The molecule has 0 saturated heterocycles. The number of halogens is 2. The molecule has 0 aliphatic heterocycles. The molecule has 3 aromatic rings. The van der Waals surface area contributed by atoms with E-state index in [0.717, 1.165) is 12.1 Å². The molecular weight excluding hydrogens is 522 g/mol. The van der Waals surface area contributed by atoms with E-state index >= 15 is 0 Å². The number of carbonyl (C=O) groups is 1. The van der Waals surface area contributed by atoms with Crippen molar-refractivity contribution in [3.05, 3.63) is 70.2 Å². The Kier molecular flexibility index (Phi) is 7.39. The van der Waals surface area contributed by atoms with Crippen LogP contribution in [-0.2, 0) is 14.6 Å². The molecule has 0 aromatic heterocycles. The quantitative estimate of drug-likeness (QED) is 0.336. The maximum Gasteiger partial charge on any atom is 0.351 e. The van der Waals surface area contributed by atoms with E-state index in [9.17, 15) is 27.6 Å². The molecule has 0 heterocycles. The van der Waals surface area contributed by atoms with Crippen LogP contribution in [0.5, 0.6) is 0 Å². The highest BCUT2D eigenvalue weighted by atomic mass is 35.5. The van der Waals surface area contributed by atoms with E-state index in [-0.39, 0.29) is 39.5 Å². The molecule has 0 unspecified atom stereocenters. The Labute approximate surface area is 207 Å². The van der Waals surface area contributed by atoms with Gasteiger partial charge in [0.05, 0.1) is 16.1 Å². The van der Waals surface area contributed by atoms with Gasteiger partial charge >= 0.3 is 7.60 Å². The molecule has 8 nitrogen and oxygen atoms in total. The van der Waals surface area contributed by atoms with Crippen molar-refractivity contribution in [2.24, 2.45) is 5.73 Å². The number of hydrogen-bond donors (Lipinski definition) is 3. The third-order valence-corrected chi connectivity index (χ3v) is 10.1. The molecule has 4 N–H and O–H groups in total. The monoisotopic (exact) mass is 544 g/mol. The topological polar surface area (TPSA) is 138 Å². The van der Waals surface area contributed by atoms with Crippen molar-refractivity contribution in [3.63, 3.8) is 0 Å². The van der Waals surface area contributed by atoms with Gasteiger partial charge in [-0.2, -0.15) is 0 Å². The summed E-state index contributed by atoms with van der Waals surface area (Å²) < 4.78 is 42.0. The predicted molar refractivity (Wildman–Crippen MR) is 134 cm³/mol. The maximum absolute atomic E-state index is 14.2. The van der Waals surface area contributed by atoms with Gasteiger partial charge in [0, 0.05) is 15.4 Å². The molecule has 182 valence electrons. The van der Waals surface area contributed by atoms with E-state index in [1.54, 1.807) is 30.3 Å². The molecule has 3 rings (SSSR count). The molecule has 3 aromatic carbocycles. The fraction of sp³-hybridized carbons (Fsp3) is 0.227. The minimum Gasteiger partial charge on any atom is -0.366 e. The van der Waals surface area contributed by atoms with Crippen molar-refractivity contribution in [2.45, 2.75) is 36.9 Å². The number of carbonyl (C=O) groups excluding carboxylic acids is 1. The maximum atomic E-state index is 14.2. The normalized spacial score (nSPS) is 12.6. The van der Waals surface area contributed by atoms with Crippen LogP contribution in [0, 0.1) is 0 Å². The Bertz CT molecular complexity index is 1400. The Hall–Kier alpha value is -2.13. The Morgan fingerprint density at radius 3 is 2.09 bits per heavy atom. The summed E-state index contributed by atoms with van der Waals surface area (Å²) in [5, 5.41) is -1.41. The molecule has 0 aliphatic rings. The molecule has 0 fully saturated rings. The van der Waals surface area contributed by atoms with Crippen LogP contribution in [0.1, 0.15) is 37.0 Å². The average Bonchev–Trinajstić information content (AvgIpc) is 2.75. The zero-order valence-corrected chi connectivity index (χ0v) is 21.5. The van der Waals surface area contributed by atoms with Crippen molar-refractivity contribution in [1.29, 1.82) is 0 Å². The first-order chi connectivity index (χ1) is 15.8. The summed E-state index contributed by atoms with van der Waals surface area (Å²) >= 11 is 12.1. The van der Waals surface area contributed by atoms with E-state index in [4.69, 9.17) is 28.9 Å². The van der Waals surface area contributed by atoms with E-state index in [1.807, 2.05) is 0 Å². The minimum atomic E-state index is -5.17. The van der Waals surface area contributed by atoms with Crippen LogP contribution in [0.25, 0.3) is 10.8 Å². The van der Waals surface area contributed by atoms with Crippen LogP contribution < -0.4 is 10.0 Å². The smallest absolute Gasteiger partial charge is 0.351 e. The standard InChI is InChI=1S/C22H23Cl2N2O6PS/c1-3-22(4-2,33(28,29)30)26(34(31,32)17-12-15(23)11-16(24)13-17)20-18-8-6-5-7-14(18)9-10-19(20)21(25)27/h5-13H,3-4H2,1-2H3,(H2,25,27)(H2,28,29,30). The van der Waals surface area contributed by atoms with Gasteiger partial charge in [-0.05, 0) is 42.5 Å². The number of amides is 1. The van der Waals surface area contributed by atoms with E-state index < -0.39 is 33.7 Å². The molecule has 0 radical (unpaired) electrons. The number of hydrogen-bond acceptors (Lipinski definition) is 4. The van der Waals surface area contributed by atoms with Crippen molar-refractivity contribution in [3.8, 4) is 0 Å². The first-order valence-electron chi connectivity index (χ1n) is 10.2. The van der Waals surface area contributed by atoms with Crippen LogP contribution in [-0.4, -0.2) is 29.4 Å². The molecule has 12 heteroatoms. The van der Waals surface area contributed by atoms with Crippen molar-refractivity contribution >= 4 is 63.2 Å². The fourth-order valence-corrected chi connectivity index (χ4v) is 8.44. The lowest BCUT2D eigenvalue weighted by molar-refractivity contribution is 0.100. The molecule has 0 atom stereocenters. The van der Waals surface area contributed by atoms with Crippen LogP contribution >= 0.6 is 30.8 Å². The lowest BCUT2D eigenvalue weighted by Gasteiger charge is -2.44. The van der Waals surface area contributed by atoms with Gasteiger partial charge in [0.2, 0.25) is 0 Å². The number of nitrogens with zero attached hydrogens (tertiary/aromatic N) is 1. The summed E-state index contributed by atoms with van der Waals surface area (Å²) in [4.78, 5) is 33.1. The lowest BCUT2D eigenvalue weighted by Crippen LogP contribution is -2.52. The Morgan fingerprint density at radius 2 is 1.59 bits per heavy atom. The van der Waals surface area contributed by atoms with Crippen molar-refractivity contribution in [1.82, 2.24) is 0 Å². The van der Waals surface area contributed by atoms with Gasteiger partial charge in [0.1, 0.15) is 0 Å². The van der Waals surface area contributed by atoms with Crippen molar-refractivity contribution < 1.29 is 27.6 Å². The number of sulfonamides is 1. The number of primary amides is 1. The summed E-state index contributed by atoms with van der Waals surface area (Å²) in [7, 11) is -9.92. The first kappa shape index (κ1) is 26.5. The first-order valence-corrected chi connectivity index (χ1v) is 14.0. The Balaban J connectivity index is 2.60. The van der Waals surface area contributed by atoms with Crippen molar-refractivity contribution in [2.75, 3.05) is 4.31 Å². The molecule has 34 heavy (non-hydrogen) atoms. The number of fused-ring (bicyclic) bond motifs is 1. The lowest BCUT2D eigenvalue weighted by atomic mass is 10.0. The molecule has 0 bridgehead atoms. The molecule has 1 amide bonds. The Morgan fingerprint density at radius 1 is 1.03 bits per heavy atom. The third-order valence-electron chi connectivity index (χ3n) is 5.80. The number of rotatable bonds is 8. The van der Waals surface area contributed by atoms with Crippen LogP contribution in [0.3, 0.4) is 0 Å². The van der Waals surface area contributed by atoms with Gasteiger partial charge in [0.15, 0.2) is 5.28 Å². The largest absolute Gasteiger partial charge is 0.366 e. The van der Waals surface area contributed by atoms with Gasteiger partial charge in [-0.1, -0.05) is 67.4 Å². The SMILES string of the molecule is CCC(CC)(N(c1c(C(N)=O)ccc2ccccc12)S(=O)(=O)c1cc(Cl)cc(Cl)c1)P(=O)(O)O. The van der Waals surface area contributed by atoms with Gasteiger partial charge in [-0.3, -0.25) is 9.36 Å². The summed E-state index contributed by atoms with van der Waals surface area (Å²) in [6.45, 7) is 2.93. The van der Waals surface area contributed by atoms with Crippen LogP contribution in [0.15, 0.2) is 59.5 Å². The molecule has 0 aliphatic carbocycles. The van der Waals surface area contributed by atoms with Crippen LogP contribution in [0.4, 0.5) is 5.69 Å². The number of nitrogens with two attached hydrogens (primary N) is 1. The fourth-order valence-electron chi connectivity index (χ4n) is 4.08. The summed E-state index contributed by atoms with van der Waals surface area (Å²) in [6.07, 6.45) is -0.550. The van der Waals surface area contributed by atoms with E-state index in [2.05, 4.69) is 0 Å². The predicted octanol–water partition coefficient (Wildman–Crippen LogP) is 5.13. The van der Waals surface area contributed by atoms with Gasteiger partial charge < -0.3 is 15.5 Å². The van der Waals surface area contributed by atoms with Gasteiger partial charge in [-0.15, -0.1) is 0 Å². The zero-order valence-electron chi connectivity index (χ0n) is 18.3. The molecular formula is C22H23Cl2N2O6PS. The average molecular weight is 545 g/mol. The second kappa shape index (κ2) is 9.49.